The summed E-state index contributed by atoms with van der Waals surface area (Å²) in [5, 5.41) is 7.13. The van der Waals surface area contributed by atoms with Crippen LogP contribution in [0.25, 0.3) is 0 Å². The van der Waals surface area contributed by atoms with Crippen molar-refractivity contribution < 1.29 is 13.9 Å². The number of nitrogens with one attached hydrogen (secondary N) is 1. The lowest BCUT2D eigenvalue weighted by Crippen LogP contribution is -2.66. The molecule has 4 unspecified atom stereocenters. The molecule has 0 spiro atoms. The Labute approximate surface area is 174 Å². The van der Waals surface area contributed by atoms with Crippen LogP contribution in [0.5, 0.6) is 0 Å². The number of aromatic amines is 1. The zero-order valence-electron chi connectivity index (χ0n) is 16.1. The molecule has 2 fully saturated rings. The highest BCUT2D eigenvalue weighted by Crippen LogP contribution is 2.39. The summed E-state index contributed by atoms with van der Waals surface area (Å²) in [7, 11) is 0. The number of hydrogen-bond donors (Lipinski definition) is 1. The number of aromatic nitrogens is 2. The second-order valence-electron chi connectivity index (χ2n) is 8.11. The van der Waals surface area contributed by atoms with Gasteiger partial charge in [-0.1, -0.05) is 12.1 Å². The molecule has 154 valence electrons. The van der Waals surface area contributed by atoms with Crippen LogP contribution in [0.4, 0.5) is 4.39 Å². The van der Waals surface area contributed by atoms with Crippen molar-refractivity contribution in [1.29, 1.82) is 0 Å². The number of likely N-dealkylation sites (tertiary alicyclic amines) is 1. The summed E-state index contributed by atoms with van der Waals surface area (Å²) in [6, 6.07) is 6.95. The molecule has 0 saturated carbocycles. The molecule has 0 bridgehead atoms. The van der Waals surface area contributed by atoms with Crippen molar-refractivity contribution in [3.05, 3.63) is 52.6 Å². The number of H-pyrrole nitrogens is 1. The largest absolute Gasteiger partial charge is 0.360 e. The van der Waals surface area contributed by atoms with E-state index >= 15 is 0 Å². The van der Waals surface area contributed by atoms with E-state index in [0.29, 0.717) is 12.3 Å². The Morgan fingerprint density at radius 2 is 2.10 bits per heavy atom. The fourth-order valence-corrected chi connectivity index (χ4v) is 5.38. The van der Waals surface area contributed by atoms with Crippen molar-refractivity contribution in [2.24, 2.45) is 0 Å². The van der Waals surface area contributed by atoms with Crippen LogP contribution in [0.15, 0.2) is 24.3 Å². The number of halogens is 2. The second-order valence-corrected chi connectivity index (χ2v) is 8.55. The van der Waals surface area contributed by atoms with E-state index in [1.165, 1.54) is 12.1 Å². The van der Waals surface area contributed by atoms with Crippen molar-refractivity contribution in [1.82, 2.24) is 20.0 Å². The average molecular weight is 419 g/mol. The Morgan fingerprint density at radius 1 is 1.28 bits per heavy atom. The molecule has 3 aliphatic rings. The van der Waals surface area contributed by atoms with E-state index in [1.54, 1.807) is 0 Å². The van der Waals surface area contributed by atoms with E-state index in [4.69, 9.17) is 16.3 Å². The van der Waals surface area contributed by atoms with Crippen molar-refractivity contribution in [2.45, 2.75) is 49.5 Å². The third kappa shape index (κ3) is 3.40. The van der Waals surface area contributed by atoms with Gasteiger partial charge in [0, 0.05) is 31.1 Å². The topological polar surface area (TPSA) is 61.5 Å². The van der Waals surface area contributed by atoms with Gasteiger partial charge < -0.3 is 4.74 Å². The highest BCUT2D eigenvalue weighted by atomic mass is 35.5. The lowest BCUT2D eigenvalue weighted by Gasteiger charge is -2.53. The molecule has 4 atom stereocenters. The Kier molecular flexibility index (Phi) is 5.16. The van der Waals surface area contributed by atoms with Gasteiger partial charge in [-0.15, -0.1) is 11.6 Å². The number of benzene rings is 1. The van der Waals surface area contributed by atoms with E-state index in [-0.39, 0.29) is 29.5 Å². The van der Waals surface area contributed by atoms with E-state index in [2.05, 4.69) is 20.0 Å². The average Bonchev–Trinajstić information content (AvgIpc) is 3.12. The molecule has 3 aliphatic heterocycles. The molecule has 8 heteroatoms. The molecule has 1 aromatic heterocycles. The number of carbonyl (C=O) groups is 1. The number of carbonyl (C=O) groups excluding carboxylic acids is 1. The molecule has 1 N–H and O–H groups in total. The van der Waals surface area contributed by atoms with Crippen molar-refractivity contribution >= 4 is 17.9 Å². The number of ether oxygens (including phenoxy) is 1. The van der Waals surface area contributed by atoms with Crippen LogP contribution in [0.2, 0.25) is 0 Å². The van der Waals surface area contributed by atoms with Gasteiger partial charge in [-0.2, -0.15) is 5.10 Å². The third-order valence-corrected chi connectivity index (χ3v) is 7.10. The van der Waals surface area contributed by atoms with Crippen LogP contribution in [0.3, 0.4) is 0 Å². The van der Waals surface area contributed by atoms with Gasteiger partial charge in [0.15, 0.2) is 6.29 Å². The number of rotatable bonds is 4. The van der Waals surface area contributed by atoms with Crippen molar-refractivity contribution in [3.63, 3.8) is 0 Å². The first-order valence-corrected chi connectivity index (χ1v) is 10.6. The van der Waals surface area contributed by atoms with Gasteiger partial charge in [-0.05, 0) is 37.0 Å². The third-order valence-electron chi connectivity index (χ3n) is 6.55. The van der Waals surface area contributed by atoms with Crippen LogP contribution in [-0.2, 0) is 17.7 Å². The quantitative estimate of drug-likeness (QED) is 0.470. The van der Waals surface area contributed by atoms with E-state index in [0.717, 1.165) is 62.0 Å². The summed E-state index contributed by atoms with van der Waals surface area (Å²) in [5.74, 6) is -0.0671. The fraction of sp³-hybridized carbons (Fsp3) is 0.524. The van der Waals surface area contributed by atoms with Gasteiger partial charge in [-0.25, -0.2) is 4.39 Å². The first-order valence-electron chi connectivity index (χ1n) is 10.2. The molecule has 29 heavy (non-hydrogen) atoms. The number of aldehydes is 1. The number of nitrogens with zero attached hydrogens (tertiary/aromatic N) is 3. The molecule has 5 rings (SSSR count). The predicted octanol–water partition coefficient (Wildman–Crippen LogP) is 2.89. The van der Waals surface area contributed by atoms with Crippen LogP contribution in [0.1, 0.15) is 46.1 Å². The second kappa shape index (κ2) is 7.80. The van der Waals surface area contributed by atoms with Crippen LogP contribution < -0.4 is 0 Å². The van der Waals surface area contributed by atoms with Gasteiger partial charge in [0.1, 0.15) is 17.7 Å². The summed E-state index contributed by atoms with van der Waals surface area (Å²) >= 11 is 6.92. The first-order chi connectivity index (χ1) is 14.2. The molecule has 2 aromatic rings. The van der Waals surface area contributed by atoms with Crippen molar-refractivity contribution in [2.75, 3.05) is 19.7 Å². The Balaban J connectivity index is 1.29. The van der Waals surface area contributed by atoms with E-state index in [9.17, 15) is 9.18 Å². The Morgan fingerprint density at radius 3 is 2.83 bits per heavy atom. The summed E-state index contributed by atoms with van der Waals surface area (Å²) in [4.78, 5) is 15.8. The van der Waals surface area contributed by atoms with E-state index in [1.807, 2.05) is 12.1 Å². The molecule has 4 heterocycles. The predicted molar refractivity (Wildman–Crippen MR) is 106 cm³/mol. The van der Waals surface area contributed by atoms with Crippen LogP contribution in [0, 0.1) is 5.82 Å². The molecular formula is C21H24ClFN4O2. The molecule has 6 nitrogen and oxygen atoms in total. The molecule has 0 aliphatic carbocycles. The zero-order valence-corrected chi connectivity index (χ0v) is 16.8. The van der Waals surface area contributed by atoms with Crippen LogP contribution >= 0.6 is 11.6 Å². The zero-order chi connectivity index (χ0) is 20.0. The first kappa shape index (κ1) is 19.2. The minimum absolute atomic E-state index is 0.0456. The molecule has 0 amide bonds. The normalized spacial score (nSPS) is 30.6. The van der Waals surface area contributed by atoms with Gasteiger partial charge in [0.2, 0.25) is 0 Å². The van der Waals surface area contributed by atoms with Gasteiger partial charge in [0.05, 0.1) is 23.8 Å². The van der Waals surface area contributed by atoms with Crippen molar-refractivity contribution in [3.8, 4) is 0 Å². The fourth-order valence-electron chi connectivity index (χ4n) is 4.90. The monoisotopic (exact) mass is 418 g/mol. The summed E-state index contributed by atoms with van der Waals surface area (Å²) in [6.07, 6.45) is 3.61. The minimum Gasteiger partial charge on any atom is -0.360 e. The maximum absolute atomic E-state index is 13.3. The smallest absolute Gasteiger partial charge is 0.170 e. The SMILES string of the molecule is O=Cc1n[nH]c2c1CCN(C1COC1N1CCCC(c3ccc(F)cc3)C1Cl)C2. The summed E-state index contributed by atoms with van der Waals surface area (Å²) in [5.41, 5.74) is 3.48. The molecule has 1 aromatic carbocycles. The highest BCUT2D eigenvalue weighted by Gasteiger charge is 2.46. The van der Waals surface area contributed by atoms with Gasteiger partial charge in [0.25, 0.3) is 0 Å². The Bertz CT molecular complexity index is 889. The standard InChI is InChI=1S/C21H24ClFN4O2/c22-20-15(13-3-5-14(23)6-4-13)2-1-8-27(20)21-19(12-29-21)26-9-7-16-17(10-26)24-25-18(16)11-28/h3-6,11,15,19-21H,1-2,7-10,12H2,(H,24,25). The number of piperidine rings is 1. The van der Waals surface area contributed by atoms with Gasteiger partial charge >= 0.3 is 0 Å². The Hall–Kier alpha value is -1.80. The van der Waals surface area contributed by atoms with E-state index < -0.39 is 0 Å². The lowest BCUT2D eigenvalue weighted by molar-refractivity contribution is -0.216. The highest BCUT2D eigenvalue weighted by molar-refractivity contribution is 6.21. The summed E-state index contributed by atoms with van der Waals surface area (Å²) in [6.45, 7) is 3.18. The number of hydrogen-bond acceptors (Lipinski definition) is 5. The number of alkyl halides is 1. The maximum atomic E-state index is 13.3. The molecular weight excluding hydrogens is 395 g/mol. The van der Waals surface area contributed by atoms with Gasteiger partial charge in [-0.3, -0.25) is 19.7 Å². The lowest BCUT2D eigenvalue weighted by atomic mass is 9.89. The molecule has 2 saturated heterocycles. The summed E-state index contributed by atoms with van der Waals surface area (Å²) < 4.78 is 19.3. The maximum Gasteiger partial charge on any atom is 0.170 e. The minimum atomic E-state index is -0.226. The van der Waals surface area contributed by atoms with Crippen LogP contribution in [-0.4, -0.2) is 63.8 Å². The molecule has 0 radical (unpaired) electrons. The number of fused-ring (bicyclic) bond motifs is 1.